The predicted octanol–water partition coefficient (Wildman–Crippen LogP) is 3.40. The molecule has 0 atom stereocenters. The van der Waals surface area contributed by atoms with E-state index >= 15 is 0 Å². The molecule has 0 amide bonds. The number of rotatable bonds is 3. The minimum atomic E-state index is -0.502. The quantitative estimate of drug-likeness (QED) is 0.682. The first kappa shape index (κ1) is 15.1. The second-order valence-electron chi connectivity index (χ2n) is 5.15. The summed E-state index contributed by atoms with van der Waals surface area (Å²) in [5.74, 6) is 1.22. The lowest BCUT2D eigenvalue weighted by molar-refractivity contribution is -0.384. The first-order chi connectivity index (χ1) is 10.6. The summed E-state index contributed by atoms with van der Waals surface area (Å²) in [5.41, 5.74) is 0.556. The van der Waals surface area contributed by atoms with Crippen LogP contribution in [0.2, 0.25) is 10.0 Å². The Morgan fingerprint density at radius 2 is 1.91 bits per heavy atom. The highest BCUT2D eigenvalue weighted by Gasteiger charge is 2.26. The van der Waals surface area contributed by atoms with Gasteiger partial charge in [0, 0.05) is 31.1 Å². The molecule has 0 aliphatic carbocycles. The van der Waals surface area contributed by atoms with Crippen LogP contribution in [0.5, 0.6) is 0 Å². The van der Waals surface area contributed by atoms with Gasteiger partial charge in [-0.1, -0.05) is 23.2 Å². The number of non-ortho nitro benzene ring substituents is 1. The molecule has 0 saturated carbocycles. The van der Waals surface area contributed by atoms with E-state index in [1.165, 1.54) is 18.5 Å². The molecule has 1 aromatic carbocycles. The monoisotopic (exact) mass is 341 g/mol. The van der Waals surface area contributed by atoms with E-state index in [9.17, 15) is 10.1 Å². The fourth-order valence-electron chi connectivity index (χ4n) is 2.75. The van der Waals surface area contributed by atoms with Crippen LogP contribution in [0.4, 0.5) is 11.4 Å². The molecule has 0 unspecified atom stereocenters. The van der Waals surface area contributed by atoms with Crippen LogP contribution >= 0.6 is 23.2 Å². The Balaban J connectivity index is 1.77. The van der Waals surface area contributed by atoms with E-state index < -0.39 is 4.92 Å². The number of halogens is 2. The first-order valence-electron chi connectivity index (χ1n) is 6.80. The zero-order valence-corrected chi connectivity index (χ0v) is 13.0. The van der Waals surface area contributed by atoms with Crippen molar-refractivity contribution in [1.29, 1.82) is 0 Å². The number of H-pyrrole nitrogens is 1. The molecule has 2 heterocycles. The van der Waals surface area contributed by atoms with Gasteiger partial charge < -0.3 is 4.90 Å². The van der Waals surface area contributed by atoms with Crippen molar-refractivity contribution in [1.82, 2.24) is 15.2 Å². The number of benzene rings is 1. The van der Waals surface area contributed by atoms with Gasteiger partial charge in [-0.2, -0.15) is 5.10 Å². The number of piperidine rings is 1. The number of aromatic amines is 1. The maximum Gasteiger partial charge on any atom is 0.272 e. The highest BCUT2D eigenvalue weighted by molar-refractivity contribution is 6.39. The molecule has 1 aliphatic rings. The Morgan fingerprint density at radius 3 is 2.41 bits per heavy atom. The summed E-state index contributed by atoms with van der Waals surface area (Å²) in [6.07, 6.45) is 3.28. The van der Waals surface area contributed by atoms with Crippen LogP contribution in [-0.4, -0.2) is 33.2 Å². The number of nitro benzene ring substituents is 1. The molecule has 7 nitrogen and oxygen atoms in total. The molecular formula is C13H13Cl2N5O2. The summed E-state index contributed by atoms with van der Waals surface area (Å²) >= 11 is 12.4. The van der Waals surface area contributed by atoms with Gasteiger partial charge in [-0.25, -0.2) is 4.98 Å². The van der Waals surface area contributed by atoms with E-state index in [-0.39, 0.29) is 5.69 Å². The molecule has 1 aromatic heterocycles. The molecule has 1 fully saturated rings. The molecule has 116 valence electrons. The van der Waals surface area contributed by atoms with Crippen molar-refractivity contribution < 1.29 is 4.92 Å². The van der Waals surface area contributed by atoms with E-state index in [4.69, 9.17) is 23.2 Å². The second kappa shape index (κ2) is 6.10. The highest BCUT2D eigenvalue weighted by atomic mass is 35.5. The topological polar surface area (TPSA) is 87.9 Å². The molecule has 0 bridgehead atoms. The molecule has 0 spiro atoms. The van der Waals surface area contributed by atoms with Crippen LogP contribution in [0.3, 0.4) is 0 Å². The van der Waals surface area contributed by atoms with Gasteiger partial charge in [0.15, 0.2) is 0 Å². The third kappa shape index (κ3) is 2.86. The van der Waals surface area contributed by atoms with Gasteiger partial charge >= 0.3 is 0 Å². The number of hydrogen-bond donors (Lipinski definition) is 1. The number of hydrogen-bond acceptors (Lipinski definition) is 5. The number of nitro groups is 1. The third-order valence-corrected chi connectivity index (χ3v) is 4.42. The molecule has 9 heteroatoms. The van der Waals surface area contributed by atoms with Crippen LogP contribution in [0.15, 0.2) is 18.5 Å². The van der Waals surface area contributed by atoms with Gasteiger partial charge in [-0.05, 0) is 12.8 Å². The lowest BCUT2D eigenvalue weighted by atomic mass is 9.96. The number of anilines is 1. The van der Waals surface area contributed by atoms with Crippen molar-refractivity contribution in [3.63, 3.8) is 0 Å². The Labute approximate surface area is 136 Å². The third-order valence-electron chi connectivity index (χ3n) is 3.84. The fraction of sp³-hybridized carbons (Fsp3) is 0.385. The van der Waals surface area contributed by atoms with Gasteiger partial charge in [-0.3, -0.25) is 15.2 Å². The molecule has 1 aliphatic heterocycles. The molecule has 0 radical (unpaired) electrons. The maximum absolute atomic E-state index is 10.8. The van der Waals surface area contributed by atoms with Crippen LogP contribution in [0.25, 0.3) is 0 Å². The van der Waals surface area contributed by atoms with E-state index in [1.54, 1.807) is 0 Å². The molecule has 3 rings (SSSR count). The number of nitrogens with zero attached hydrogens (tertiary/aromatic N) is 4. The van der Waals surface area contributed by atoms with Crippen LogP contribution in [0.1, 0.15) is 24.6 Å². The van der Waals surface area contributed by atoms with Gasteiger partial charge in [0.25, 0.3) is 5.69 Å². The average Bonchev–Trinajstić information content (AvgIpc) is 3.01. The standard InChI is InChI=1S/C13H13Cl2N5O2/c14-10-5-9(20(21)22)6-11(15)12(10)19-3-1-8(2-4-19)13-16-7-17-18-13/h5-8H,1-4H2,(H,16,17,18). The predicted molar refractivity (Wildman–Crippen MR) is 83.7 cm³/mol. The zero-order chi connectivity index (χ0) is 15.7. The largest absolute Gasteiger partial charge is 0.369 e. The molecule has 2 aromatic rings. The van der Waals surface area contributed by atoms with E-state index in [0.29, 0.717) is 21.7 Å². The van der Waals surface area contributed by atoms with Crippen LogP contribution in [-0.2, 0) is 0 Å². The molecular weight excluding hydrogens is 329 g/mol. The van der Waals surface area contributed by atoms with Gasteiger partial charge in [0.05, 0.1) is 20.7 Å². The van der Waals surface area contributed by atoms with Gasteiger partial charge in [-0.15, -0.1) is 0 Å². The van der Waals surface area contributed by atoms with Crippen molar-refractivity contribution in [3.8, 4) is 0 Å². The fourth-order valence-corrected chi connectivity index (χ4v) is 3.46. The van der Waals surface area contributed by atoms with Crippen molar-refractivity contribution in [2.75, 3.05) is 18.0 Å². The van der Waals surface area contributed by atoms with Crippen molar-refractivity contribution in [2.45, 2.75) is 18.8 Å². The van der Waals surface area contributed by atoms with E-state index in [1.807, 2.05) is 0 Å². The number of aromatic nitrogens is 3. The lowest BCUT2D eigenvalue weighted by Gasteiger charge is -2.33. The zero-order valence-electron chi connectivity index (χ0n) is 11.5. The first-order valence-corrected chi connectivity index (χ1v) is 7.55. The maximum atomic E-state index is 10.8. The minimum absolute atomic E-state index is 0.102. The molecule has 1 saturated heterocycles. The summed E-state index contributed by atoms with van der Waals surface area (Å²) in [5, 5.41) is 18.2. The minimum Gasteiger partial charge on any atom is -0.369 e. The van der Waals surface area contributed by atoms with Crippen molar-refractivity contribution in [2.24, 2.45) is 0 Å². The van der Waals surface area contributed by atoms with Gasteiger partial charge in [0.2, 0.25) is 0 Å². The lowest BCUT2D eigenvalue weighted by Crippen LogP contribution is -2.33. The summed E-state index contributed by atoms with van der Waals surface area (Å²) in [4.78, 5) is 16.6. The van der Waals surface area contributed by atoms with E-state index in [2.05, 4.69) is 20.1 Å². The normalized spacial score (nSPS) is 16.0. The summed E-state index contributed by atoms with van der Waals surface area (Å²) in [6, 6.07) is 2.68. The summed E-state index contributed by atoms with van der Waals surface area (Å²) in [7, 11) is 0. The molecule has 1 N–H and O–H groups in total. The average molecular weight is 342 g/mol. The van der Waals surface area contributed by atoms with Crippen molar-refractivity contribution in [3.05, 3.63) is 44.4 Å². The Bertz CT molecular complexity index is 661. The Morgan fingerprint density at radius 1 is 1.27 bits per heavy atom. The smallest absolute Gasteiger partial charge is 0.272 e. The highest BCUT2D eigenvalue weighted by Crippen LogP contribution is 2.39. The van der Waals surface area contributed by atoms with Crippen LogP contribution in [0, 0.1) is 10.1 Å². The summed E-state index contributed by atoms with van der Waals surface area (Å²) in [6.45, 7) is 1.51. The Hall–Kier alpha value is -1.86. The van der Waals surface area contributed by atoms with E-state index in [0.717, 1.165) is 31.8 Å². The second-order valence-corrected chi connectivity index (χ2v) is 5.96. The SMILES string of the molecule is O=[N+]([O-])c1cc(Cl)c(N2CCC(c3ncn[nH]3)CC2)c(Cl)c1. The van der Waals surface area contributed by atoms with Gasteiger partial charge in [0.1, 0.15) is 12.2 Å². The molecule has 22 heavy (non-hydrogen) atoms. The number of nitrogens with one attached hydrogen (secondary N) is 1. The summed E-state index contributed by atoms with van der Waals surface area (Å²) < 4.78 is 0. The van der Waals surface area contributed by atoms with Crippen molar-refractivity contribution >= 4 is 34.6 Å². The van der Waals surface area contributed by atoms with Crippen LogP contribution < -0.4 is 4.90 Å². The Kier molecular flexibility index (Phi) is 4.17.